The Balaban J connectivity index is 2.33. The summed E-state index contributed by atoms with van der Waals surface area (Å²) in [5.74, 6) is -0.864. The minimum absolute atomic E-state index is 0.363. The van der Waals surface area contributed by atoms with Gasteiger partial charge >= 0.3 is 5.97 Å². The van der Waals surface area contributed by atoms with E-state index in [1.165, 1.54) is 11.3 Å². The van der Waals surface area contributed by atoms with Crippen molar-refractivity contribution in [3.8, 4) is 0 Å². The molecule has 0 aliphatic carbocycles. The van der Waals surface area contributed by atoms with Crippen molar-refractivity contribution >= 4 is 16.9 Å². The first-order chi connectivity index (χ1) is 9.09. The molecular formula is C15H18N2O2. The maximum atomic E-state index is 11.1. The molecule has 0 unspecified atom stereocenters. The highest BCUT2D eigenvalue weighted by atomic mass is 16.4. The molecule has 0 amide bonds. The molecule has 0 radical (unpaired) electrons. The second-order valence-electron chi connectivity index (χ2n) is 5.35. The lowest BCUT2D eigenvalue weighted by atomic mass is 10.0. The number of benzene rings is 1. The molecule has 0 bridgehead atoms. The van der Waals surface area contributed by atoms with Crippen LogP contribution in [0.4, 0.5) is 0 Å². The number of aromatic nitrogens is 1. The Morgan fingerprint density at radius 1 is 1.42 bits per heavy atom. The number of carboxylic acid groups (broad SMARTS) is 1. The van der Waals surface area contributed by atoms with Crippen LogP contribution in [0, 0.1) is 0 Å². The van der Waals surface area contributed by atoms with Crippen molar-refractivity contribution in [2.75, 3.05) is 6.54 Å². The molecule has 100 valence electrons. The zero-order valence-electron chi connectivity index (χ0n) is 11.2. The van der Waals surface area contributed by atoms with E-state index in [1.807, 2.05) is 12.1 Å². The summed E-state index contributed by atoms with van der Waals surface area (Å²) in [6, 6.07) is 5.84. The van der Waals surface area contributed by atoms with Gasteiger partial charge in [-0.1, -0.05) is 0 Å². The Morgan fingerprint density at radius 3 is 2.89 bits per heavy atom. The van der Waals surface area contributed by atoms with Crippen LogP contribution in [0.25, 0.3) is 10.9 Å². The van der Waals surface area contributed by atoms with Gasteiger partial charge in [-0.3, -0.25) is 0 Å². The maximum absolute atomic E-state index is 11.1. The number of hydrogen-bond acceptors (Lipinski definition) is 2. The van der Waals surface area contributed by atoms with Gasteiger partial charge in [0.25, 0.3) is 0 Å². The molecular weight excluding hydrogens is 240 g/mol. The molecule has 4 heteroatoms. The average molecular weight is 258 g/mol. The number of carboxylic acids is 1. The van der Waals surface area contributed by atoms with Crippen LogP contribution in [-0.4, -0.2) is 22.2 Å². The van der Waals surface area contributed by atoms with Crippen LogP contribution in [0.5, 0.6) is 0 Å². The fraction of sp³-hybridized carbons (Fsp3) is 0.400. The molecule has 0 saturated heterocycles. The van der Waals surface area contributed by atoms with E-state index >= 15 is 0 Å². The van der Waals surface area contributed by atoms with Crippen LogP contribution in [-0.2, 0) is 13.0 Å². The minimum atomic E-state index is -0.864. The van der Waals surface area contributed by atoms with Gasteiger partial charge in [0, 0.05) is 42.1 Å². The number of carbonyl (C=O) groups is 1. The first-order valence-electron chi connectivity index (χ1n) is 6.69. The van der Waals surface area contributed by atoms with Gasteiger partial charge in [0.05, 0.1) is 5.56 Å². The third-order valence-corrected chi connectivity index (χ3v) is 3.82. The smallest absolute Gasteiger partial charge is 0.335 e. The van der Waals surface area contributed by atoms with Crippen LogP contribution < -0.4 is 5.32 Å². The SMILES string of the molecule is CC(C)n1c2c(c3cc(C(=O)O)ccc31)CNCC2. The predicted molar refractivity (Wildman–Crippen MR) is 74.7 cm³/mol. The molecule has 0 saturated carbocycles. The lowest BCUT2D eigenvalue weighted by molar-refractivity contribution is 0.0697. The Hall–Kier alpha value is -1.81. The second kappa shape index (κ2) is 4.38. The number of rotatable bonds is 2. The van der Waals surface area contributed by atoms with Crippen LogP contribution in [0.15, 0.2) is 18.2 Å². The maximum Gasteiger partial charge on any atom is 0.335 e. The number of fused-ring (bicyclic) bond motifs is 3. The van der Waals surface area contributed by atoms with Crippen molar-refractivity contribution in [1.29, 1.82) is 0 Å². The predicted octanol–water partition coefficient (Wildman–Crippen LogP) is 2.57. The van der Waals surface area contributed by atoms with Crippen molar-refractivity contribution in [1.82, 2.24) is 9.88 Å². The molecule has 2 N–H and O–H groups in total. The highest BCUT2D eigenvalue weighted by Crippen LogP contribution is 2.32. The van der Waals surface area contributed by atoms with Gasteiger partial charge in [0.2, 0.25) is 0 Å². The van der Waals surface area contributed by atoms with Gasteiger partial charge in [-0.15, -0.1) is 0 Å². The first kappa shape index (κ1) is 12.2. The lowest BCUT2D eigenvalue weighted by Crippen LogP contribution is -2.25. The van der Waals surface area contributed by atoms with Crippen molar-refractivity contribution < 1.29 is 9.90 Å². The van der Waals surface area contributed by atoms with E-state index in [4.69, 9.17) is 5.11 Å². The van der Waals surface area contributed by atoms with Crippen LogP contribution in [0.2, 0.25) is 0 Å². The summed E-state index contributed by atoms with van der Waals surface area (Å²) in [7, 11) is 0. The largest absolute Gasteiger partial charge is 0.478 e. The number of aromatic carboxylic acids is 1. The van der Waals surface area contributed by atoms with Gasteiger partial charge in [-0.05, 0) is 37.6 Å². The van der Waals surface area contributed by atoms with E-state index in [0.717, 1.165) is 30.4 Å². The van der Waals surface area contributed by atoms with Gasteiger partial charge in [0.1, 0.15) is 0 Å². The molecule has 1 aromatic carbocycles. The highest BCUT2D eigenvalue weighted by molar-refractivity contribution is 5.95. The van der Waals surface area contributed by atoms with Crippen LogP contribution in [0.3, 0.4) is 0 Å². The minimum Gasteiger partial charge on any atom is -0.478 e. The van der Waals surface area contributed by atoms with E-state index in [9.17, 15) is 4.79 Å². The van der Waals surface area contributed by atoms with Crippen LogP contribution in [0.1, 0.15) is 41.5 Å². The topological polar surface area (TPSA) is 54.3 Å². The Labute approximate surface area is 112 Å². The highest BCUT2D eigenvalue weighted by Gasteiger charge is 2.21. The summed E-state index contributed by atoms with van der Waals surface area (Å²) >= 11 is 0. The molecule has 3 rings (SSSR count). The standard InChI is InChI=1S/C15H18N2O2/c1-9(2)17-13-4-3-10(15(18)19)7-11(13)12-8-16-6-5-14(12)17/h3-4,7,9,16H,5-6,8H2,1-2H3,(H,18,19). The normalized spacial score (nSPS) is 14.9. The monoisotopic (exact) mass is 258 g/mol. The van der Waals surface area contributed by atoms with Crippen molar-refractivity contribution in [3.05, 3.63) is 35.0 Å². The van der Waals surface area contributed by atoms with Crippen LogP contribution >= 0.6 is 0 Å². The van der Waals surface area contributed by atoms with Crippen molar-refractivity contribution in [2.45, 2.75) is 32.9 Å². The van der Waals surface area contributed by atoms with Gasteiger partial charge < -0.3 is 15.0 Å². The van der Waals surface area contributed by atoms with E-state index in [-0.39, 0.29) is 0 Å². The summed E-state index contributed by atoms with van der Waals surface area (Å²) in [4.78, 5) is 11.1. The quantitative estimate of drug-likeness (QED) is 0.870. The van der Waals surface area contributed by atoms with Crippen molar-refractivity contribution in [2.24, 2.45) is 0 Å². The van der Waals surface area contributed by atoms with Gasteiger partial charge in [-0.25, -0.2) is 4.79 Å². The van der Waals surface area contributed by atoms with E-state index in [2.05, 4.69) is 23.7 Å². The van der Waals surface area contributed by atoms with E-state index < -0.39 is 5.97 Å². The fourth-order valence-corrected chi connectivity index (χ4v) is 3.05. The Kier molecular flexibility index (Phi) is 2.82. The summed E-state index contributed by atoms with van der Waals surface area (Å²) in [5.41, 5.74) is 4.12. The van der Waals surface area contributed by atoms with Gasteiger partial charge in [-0.2, -0.15) is 0 Å². The third kappa shape index (κ3) is 1.83. The number of nitrogens with one attached hydrogen (secondary N) is 1. The zero-order valence-corrected chi connectivity index (χ0v) is 11.2. The second-order valence-corrected chi connectivity index (χ2v) is 5.35. The molecule has 19 heavy (non-hydrogen) atoms. The number of hydrogen-bond donors (Lipinski definition) is 2. The summed E-state index contributed by atoms with van der Waals surface area (Å²) in [5, 5.41) is 13.6. The molecule has 1 aromatic heterocycles. The molecule has 4 nitrogen and oxygen atoms in total. The van der Waals surface area contributed by atoms with Crippen molar-refractivity contribution in [3.63, 3.8) is 0 Å². The number of nitrogens with zero attached hydrogens (tertiary/aromatic N) is 1. The van der Waals surface area contributed by atoms with Gasteiger partial charge in [0.15, 0.2) is 0 Å². The summed E-state index contributed by atoms with van der Waals surface area (Å²) in [6.07, 6.45) is 1.00. The Morgan fingerprint density at radius 2 is 2.21 bits per heavy atom. The fourth-order valence-electron chi connectivity index (χ4n) is 3.05. The molecule has 0 spiro atoms. The molecule has 1 aliphatic heterocycles. The lowest BCUT2D eigenvalue weighted by Gasteiger charge is -2.19. The molecule has 0 atom stereocenters. The third-order valence-electron chi connectivity index (χ3n) is 3.82. The molecule has 0 fully saturated rings. The summed E-state index contributed by atoms with van der Waals surface area (Å²) in [6.45, 7) is 6.16. The molecule has 1 aliphatic rings. The Bertz CT molecular complexity index is 656. The van der Waals surface area contributed by atoms with E-state index in [0.29, 0.717) is 11.6 Å². The zero-order chi connectivity index (χ0) is 13.6. The van der Waals surface area contributed by atoms with E-state index in [1.54, 1.807) is 6.07 Å². The summed E-state index contributed by atoms with van der Waals surface area (Å²) < 4.78 is 2.34. The average Bonchev–Trinajstić information content (AvgIpc) is 2.72. The first-order valence-corrected chi connectivity index (χ1v) is 6.69. The molecule has 2 aromatic rings. The molecule has 2 heterocycles.